The van der Waals surface area contributed by atoms with Crippen molar-refractivity contribution in [3.8, 4) is 5.75 Å². The van der Waals surface area contributed by atoms with Gasteiger partial charge in [0.25, 0.3) is 0 Å². The molecule has 112 valence electrons. The summed E-state index contributed by atoms with van der Waals surface area (Å²) in [6.45, 7) is 0. The molecule has 1 aromatic heterocycles. The van der Waals surface area contributed by atoms with Gasteiger partial charge in [-0.25, -0.2) is 4.98 Å². The molecule has 0 saturated heterocycles. The number of pyridine rings is 1. The number of alkyl halides is 1. The van der Waals surface area contributed by atoms with Crippen LogP contribution in [0.25, 0.3) is 10.8 Å². The minimum Gasteiger partial charge on any atom is -0.497 e. The molecule has 1 fully saturated rings. The Morgan fingerprint density at radius 1 is 1.24 bits per heavy atom. The quantitative estimate of drug-likeness (QED) is 0.794. The van der Waals surface area contributed by atoms with Gasteiger partial charge in [-0.05, 0) is 42.5 Å². The largest absolute Gasteiger partial charge is 0.497 e. The molecular weight excluding hydrogens is 284 g/mol. The number of hydrogen-bond acceptors (Lipinski definition) is 3. The molecule has 1 aliphatic rings. The van der Waals surface area contributed by atoms with Crippen LogP contribution in [0.3, 0.4) is 0 Å². The monoisotopic (exact) mass is 304 g/mol. The summed E-state index contributed by atoms with van der Waals surface area (Å²) in [4.78, 5) is 6.85. The van der Waals surface area contributed by atoms with E-state index in [0.29, 0.717) is 6.04 Å². The Hall–Kier alpha value is -1.48. The maximum atomic E-state index is 6.54. The maximum absolute atomic E-state index is 6.54. The highest BCUT2D eigenvalue weighted by Gasteiger charge is 2.28. The number of aromatic nitrogens is 1. The molecule has 0 aliphatic heterocycles. The molecule has 0 spiro atoms. The lowest BCUT2D eigenvalue weighted by Crippen LogP contribution is -2.41. The van der Waals surface area contributed by atoms with Gasteiger partial charge in [0.1, 0.15) is 11.6 Å². The van der Waals surface area contributed by atoms with E-state index < -0.39 is 0 Å². The van der Waals surface area contributed by atoms with Gasteiger partial charge in [-0.1, -0.05) is 12.8 Å². The van der Waals surface area contributed by atoms with Gasteiger partial charge >= 0.3 is 0 Å². The van der Waals surface area contributed by atoms with Crippen LogP contribution in [0.2, 0.25) is 0 Å². The minimum absolute atomic E-state index is 0.207. The Labute approximate surface area is 130 Å². The summed E-state index contributed by atoms with van der Waals surface area (Å²) in [5.74, 6) is 1.88. The van der Waals surface area contributed by atoms with Gasteiger partial charge in [-0.3, -0.25) is 0 Å². The van der Waals surface area contributed by atoms with Crippen molar-refractivity contribution in [1.82, 2.24) is 4.98 Å². The number of benzene rings is 1. The van der Waals surface area contributed by atoms with E-state index in [1.165, 1.54) is 12.8 Å². The van der Waals surface area contributed by atoms with Gasteiger partial charge in [-0.2, -0.15) is 0 Å². The molecule has 21 heavy (non-hydrogen) atoms. The summed E-state index contributed by atoms with van der Waals surface area (Å²) in [6.07, 6.45) is 6.57. The zero-order valence-electron chi connectivity index (χ0n) is 12.6. The van der Waals surface area contributed by atoms with Gasteiger partial charge in [0.05, 0.1) is 12.5 Å². The third kappa shape index (κ3) is 2.80. The standard InChI is InChI=1S/C17H21ClN2O/c1-20(16-6-4-3-5-15(16)18)17-14-8-7-13(21-2)11-12(14)9-10-19-17/h7-11,15-16H,3-6H2,1-2H3. The van der Waals surface area contributed by atoms with Crippen LogP contribution in [0.5, 0.6) is 5.75 Å². The lowest BCUT2D eigenvalue weighted by atomic mass is 9.93. The second-order valence-corrected chi connectivity index (χ2v) is 6.26. The van der Waals surface area contributed by atoms with Crippen molar-refractivity contribution in [3.05, 3.63) is 30.5 Å². The molecule has 3 rings (SSSR count). The number of ether oxygens (including phenoxy) is 1. The Kier molecular flexibility index (Phi) is 4.20. The number of anilines is 1. The van der Waals surface area contributed by atoms with Crippen LogP contribution in [0.15, 0.2) is 30.5 Å². The normalized spacial score (nSPS) is 22.2. The van der Waals surface area contributed by atoms with E-state index in [0.717, 1.165) is 35.2 Å². The van der Waals surface area contributed by atoms with E-state index >= 15 is 0 Å². The fourth-order valence-electron chi connectivity index (χ4n) is 3.21. The van der Waals surface area contributed by atoms with Crippen LogP contribution in [0.1, 0.15) is 25.7 Å². The molecule has 1 aliphatic carbocycles. The molecule has 1 saturated carbocycles. The molecule has 2 unspecified atom stereocenters. The van der Waals surface area contributed by atoms with Crippen molar-refractivity contribution in [2.75, 3.05) is 19.1 Å². The predicted octanol–water partition coefficient (Wildman–Crippen LogP) is 4.23. The van der Waals surface area contributed by atoms with Crippen LogP contribution < -0.4 is 9.64 Å². The SMILES string of the molecule is COc1ccc2c(N(C)C3CCCCC3Cl)nccc2c1. The van der Waals surface area contributed by atoms with Crippen molar-refractivity contribution in [2.24, 2.45) is 0 Å². The van der Waals surface area contributed by atoms with E-state index in [2.05, 4.69) is 23.0 Å². The smallest absolute Gasteiger partial charge is 0.136 e. The number of methoxy groups -OCH3 is 1. The van der Waals surface area contributed by atoms with Gasteiger partial charge in [0, 0.05) is 24.7 Å². The average molecular weight is 305 g/mol. The van der Waals surface area contributed by atoms with Crippen LogP contribution >= 0.6 is 11.6 Å². The highest BCUT2D eigenvalue weighted by molar-refractivity contribution is 6.21. The molecule has 0 amide bonds. The second kappa shape index (κ2) is 6.10. The first kappa shape index (κ1) is 14.5. The zero-order chi connectivity index (χ0) is 14.8. The van der Waals surface area contributed by atoms with Crippen LogP contribution in [0.4, 0.5) is 5.82 Å². The molecular formula is C17H21ClN2O. The van der Waals surface area contributed by atoms with E-state index in [9.17, 15) is 0 Å². The molecule has 4 heteroatoms. The topological polar surface area (TPSA) is 25.4 Å². The second-order valence-electron chi connectivity index (χ2n) is 5.70. The molecule has 1 heterocycles. The Morgan fingerprint density at radius 3 is 2.81 bits per heavy atom. The number of rotatable bonds is 3. The third-order valence-electron chi connectivity index (χ3n) is 4.43. The zero-order valence-corrected chi connectivity index (χ0v) is 13.3. The molecule has 2 atom stereocenters. The van der Waals surface area contributed by atoms with Crippen LogP contribution in [-0.2, 0) is 0 Å². The number of halogens is 1. The lowest BCUT2D eigenvalue weighted by molar-refractivity contribution is 0.415. The van der Waals surface area contributed by atoms with E-state index in [-0.39, 0.29) is 5.38 Å². The maximum Gasteiger partial charge on any atom is 0.136 e. The fourth-order valence-corrected chi connectivity index (χ4v) is 3.66. The minimum atomic E-state index is 0.207. The van der Waals surface area contributed by atoms with Crippen molar-refractivity contribution < 1.29 is 4.74 Å². The van der Waals surface area contributed by atoms with Crippen molar-refractivity contribution in [3.63, 3.8) is 0 Å². The molecule has 0 N–H and O–H groups in total. The Morgan fingerprint density at radius 2 is 2.05 bits per heavy atom. The highest BCUT2D eigenvalue weighted by atomic mass is 35.5. The van der Waals surface area contributed by atoms with Gasteiger partial charge in [0.2, 0.25) is 0 Å². The van der Waals surface area contributed by atoms with Crippen LogP contribution in [-0.4, -0.2) is 30.6 Å². The van der Waals surface area contributed by atoms with Crippen molar-refractivity contribution in [1.29, 1.82) is 0 Å². The number of hydrogen-bond donors (Lipinski definition) is 0. The summed E-state index contributed by atoms with van der Waals surface area (Å²) in [5.41, 5.74) is 0. The summed E-state index contributed by atoms with van der Waals surface area (Å²) in [5, 5.41) is 2.50. The first-order chi connectivity index (χ1) is 10.2. The summed E-state index contributed by atoms with van der Waals surface area (Å²) in [7, 11) is 3.80. The molecule has 1 aromatic carbocycles. The summed E-state index contributed by atoms with van der Waals surface area (Å²) in [6, 6.07) is 8.50. The molecule has 3 nitrogen and oxygen atoms in total. The Bertz CT molecular complexity index is 631. The lowest BCUT2D eigenvalue weighted by Gasteiger charge is -2.36. The highest BCUT2D eigenvalue weighted by Crippen LogP contribution is 2.33. The van der Waals surface area contributed by atoms with Gasteiger partial charge < -0.3 is 9.64 Å². The predicted molar refractivity (Wildman–Crippen MR) is 88.6 cm³/mol. The fraction of sp³-hybridized carbons (Fsp3) is 0.471. The van der Waals surface area contributed by atoms with E-state index in [1.807, 2.05) is 24.4 Å². The van der Waals surface area contributed by atoms with Crippen molar-refractivity contribution >= 4 is 28.2 Å². The number of nitrogens with zero attached hydrogens (tertiary/aromatic N) is 2. The number of fused-ring (bicyclic) bond motifs is 1. The summed E-state index contributed by atoms with van der Waals surface area (Å²) >= 11 is 6.54. The molecule has 0 bridgehead atoms. The van der Waals surface area contributed by atoms with Crippen molar-refractivity contribution in [2.45, 2.75) is 37.1 Å². The van der Waals surface area contributed by atoms with E-state index in [4.69, 9.17) is 16.3 Å². The first-order valence-corrected chi connectivity index (χ1v) is 7.94. The third-order valence-corrected chi connectivity index (χ3v) is 4.94. The Balaban J connectivity index is 1.99. The molecule has 2 aromatic rings. The van der Waals surface area contributed by atoms with Gasteiger partial charge in [-0.15, -0.1) is 11.6 Å². The van der Waals surface area contributed by atoms with Gasteiger partial charge in [0.15, 0.2) is 0 Å². The first-order valence-electron chi connectivity index (χ1n) is 7.50. The van der Waals surface area contributed by atoms with E-state index in [1.54, 1.807) is 7.11 Å². The van der Waals surface area contributed by atoms with Crippen LogP contribution in [0, 0.1) is 0 Å². The summed E-state index contributed by atoms with van der Waals surface area (Å²) < 4.78 is 5.30. The molecule has 0 radical (unpaired) electrons. The average Bonchev–Trinajstić information content (AvgIpc) is 2.53.